The fourth-order valence-corrected chi connectivity index (χ4v) is 6.23. The van der Waals surface area contributed by atoms with E-state index in [1.807, 2.05) is 13.3 Å². The lowest BCUT2D eigenvalue weighted by Crippen LogP contribution is -2.11. The first-order valence-corrected chi connectivity index (χ1v) is 23.5. The first kappa shape index (κ1) is 44.5. The molecule has 5 nitrogen and oxygen atoms in total. The van der Waals surface area contributed by atoms with Crippen LogP contribution in [0, 0.1) is 0 Å². The SMILES string of the molecule is CCCCCCCCCCCCCCCCP(C)(C)=O.CCCCCCCCCOCCOCCOCCP(C)(C)=O. The highest BCUT2D eigenvalue weighted by molar-refractivity contribution is 7.62. The van der Waals surface area contributed by atoms with Crippen LogP contribution in [-0.2, 0) is 23.3 Å². The Morgan fingerprint density at radius 2 is 0.619 bits per heavy atom. The van der Waals surface area contributed by atoms with Crippen LogP contribution in [0.15, 0.2) is 0 Å². The van der Waals surface area contributed by atoms with Crippen molar-refractivity contribution in [3.05, 3.63) is 0 Å². The predicted octanol–water partition coefficient (Wildman–Crippen LogP) is 11.5. The Morgan fingerprint density at radius 1 is 0.333 bits per heavy atom. The van der Waals surface area contributed by atoms with Gasteiger partial charge in [-0.05, 0) is 39.5 Å². The van der Waals surface area contributed by atoms with Crippen LogP contribution >= 0.6 is 14.3 Å². The van der Waals surface area contributed by atoms with Crippen LogP contribution in [0.5, 0.6) is 0 Å². The zero-order valence-electron chi connectivity index (χ0n) is 29.4. The van der Waals surface area contributed by atoms with Crippen molar-refractivity contribution in [3.8, 4) is 0 Å². The normalized spacial score (nSPS) is 12.0. The summed E-state index contributed by atoms with van der Waals surface area (Å²) in [5.41, 5.74) is 0. The third-order valence-corrected chi connectivity index (χ3v) is 10.1. The van der Waals surface area contributed by atoms with Gasteiger partial charge >= 0.3 is 0 Å². The van der Waals surface area contributed by atoms with Crippen LogP contribution in [0.4, 0.5) is 0 Å². The predicted molar refractivity (Wildman–Crippen MR) is 189 cm³/mol. The van der Waals surface area contributed by atoms with Crippen molar-refractivity contribution in [2.45, 2.75) is 149 Å². The van der Waals surface area contributed by atoms with E-state index in [2.05, 4.69) is 13.8 Å². The second-order valence-electron chi connectivity index (χ2n) is 13.1. The molecule has 7 heteroatoms. The van der Waals surface area contributed by atoms with Crippen molar-refractivity contribution < 1.29 is 23.3 Å². The maximum absolute atomic E-state index is 11.5. The molecular weight excluding hydrogens is 562 g/mol. The molecule has 0 radical (unpaired) electrons. The fraction of sp³-hybridized carbons (Fsp3) is 1.00. The Labute approximate surface area is 264 Å². The van der Waals surface area contributed by atoms with Crippen LogP contribution in [0.3, 0.4) is 0 Å². The molecular formula is C35H76O5P2. The maximum Gasteiger partial charge on any atom is 0.0841 e. The molecule has 0 saturated heterocycles. The first-order valence-electron chi connectivity index (χ1n) is 17.9. The molecule has 0 heterocycles. The Balaban J connectivity index is 0. The number of hydrogen-bond acceptors (Lipinski definition) is 5. The van der Waals surface area contributed by atoms with Gasteiger partial charge in [0.05, 0.1) is 47.3 Å². The molecule has 0 aliphatic rings. The average Bonchev–Trinajstić information content (AvgIpc) is 2.92. The Morgan fingerprint density at radius 3 is 0.976 bits per heavy atom. The van der Waals surface area contributed by atoms with E-state index < -0.39 is 14.3 Å². The summed E-state index contributed by atoms with van der Waals surface area (Å²) in [6.07, 6.45) is 30.2. The van der Waals surface area contributed by atoms with Crippen molar-refractivity contribution in [3.63, 3.8) is 0 Å². The lowest BCUT2D eigenvalue weighted by atomic mass is 10.0. The molecule has 0 rings (SSSR count). The molecule has 0 atom stereocenters. The number of unbranched alkanes of at least 4 members (excludes halogenated alkanes) is 19. The molecule has 0 saturated carbocycles. The Kier molecular flexibility index (Phi) is 36.2. The minimum atomic E-state index is -1.94. The van der Waals surface area contributed by atoms with Crippen LogP contribution < -0.4 is 0 Å². The van der Waals surface area contributed by atoms with Gasteiger partial charge in [0.1, 0.15) is 0 Å². The van der Waals surface area contributed by atoms with E-state index in [1.165, 1.54) is 128 Å². The molecule has 0 unspecified atom stereocenters. The highest BCUT2D eigenvalue weighted by atomic mass is 31.2. The highest BCUT2D eigenvalue weighted by Crippen LogP contribution is 2.37. The molecule has 0 aromatic carbocycles. The molecule has 0 N–H and O–H groups in total. The zero-order valence-corrected chi connectivity index (χ0v) is 31.2. The van der Waals surface area contributed by atoms with E-state index in [9.17, 15) is 9.13 Å². The van der Waals surface area contributed by atoms with Gasteiger partial charge < -0.3 is 23.3 Å². The van der Waals surface area contributed by atoms with Gasteiger partial charge in [-0.2, -0.15) is 0 Å². The summed E-state index contributed by atoms with van der Waals surface area (Å²) < 4.78 is 39.3. The van der Waals surface area contributed by atoms with E-state index in [-0.39, 0.29) is 0 Å². The fourth-order valence-electron chi connectivity index (χ4n) is 4.67. The maximum atomic E-state index is 11.5. The molecule has 0 bridgehead atoms. The molecule has 256 valence electrons. The molecule has 0 amide bonds. The van der Waals surface area contributed by atoms with Crippen molar-refractivity contribution >= 4 is 14.3 Å². The summed E-state index contributed by atoms with van der Waals surface area (Å²) >= 11 is 0. The van der Waals surface area contributed by atoms with Crippen LogP contribution in [0.2, 0.25) is 0 Å². The lowest BCUT2D eigenvalue weighted by molar-refractivity contribution is 0.0165. The topological polar surface area (TPSA) is 61.8 Å². The van der Waals surface area contributed by atoms with Crippen molar-refractivity contribution in [2.24, 2.45) is 0 Å². The molecule has 0 aliphatic carbocycles. The van der Waals surface area contributed by atoms with Gasteiger partial charge in [0.2, 0.25) is 0 Å². The molecule has 0 aliphatic heterocycles. The van der Waals surface area contributed by atoms with Crippen LogP contribution in [0.25, 0.3) is 0 Å². The van der Waals surface area contributed by atoms with Crippen molar-refractivity contribution in [2.75, 3.05) is 78.6 Å². The van der Waals surface area contributed by atoms with Gasteiger partial charge in [-0.25, -0.2) is 0 Å². The van der Waals surface area contributed by atoms with Gasteiger partial charge in [0.25, 0.3) is 0 Å². The quantitative estimate of drug-likeness (QED) is 0.0542. The third kappa shape index (κ3) is 47.3. The Hall–Kier alpha value is 0.340. The van der Waals surface area contributed by atoms with E-state index in [1.54, 1.807) is 13.3 Å². The van der Waals surface area contributed by atoms with Gasteiger partial charge in [0, 0.05) is 18.9 Å². The second kappa shape index (κ2) is 34.2. The van der Waals surface area contributed by atoms with Crippen molar-refractivity contribution in [1.29, 1.82) is 0 Å². The van der Waals surface area contributed by atoms with Crippen LogP contribution in [-0.4, -0.2) is 78.6 Å². The molecule has 0 aromatic heterocycles. The second-order valence-corrected chi connectivity index (χ2v) is 20.3. The lowest BCUT2D eigenvalue weighted by Gasteiger charge is -2.08. The minimum Gasteiger partial charge on any atom is -0.379 e. The van der Waals surface area contributed by atoms with Crippen molar-refractivity contribution in [1.82, 2.24) is 0 Å². The summed E-state index contributed by atoms with van der Waals surface area (Å²) in [4.78, 5) is 0. The van der Waals surface area contributed by atoms with Gasteiger partial charge in [0.15, 0.2) is 0 Å². The summed E-state index contributed by atoms with van der Waals surface area (Å²) in [5, 5.41) is 0. The summed E-state index contributed by atoms with van der Waals surface area (Å²) in [6.45, 7) is 15.8. The number of hydrogen-bond donors (Lipinski definition) is 0. The average molecular weight is 639 g/mol. The number of rotatable bonds is 32. The van der Waals surface area contributed by atoms with Gasteiger partial charge in [-0.15, -0.1) is 0 Å². The van der Waals surface area contributed by atoms with E-state index in [0.717, 1.165) is 19.2 Å². The zero-order chi connectivity index (χ0) is 31.6. The van der Waals surface area contributed by atoms with E-state index in [0.29, 0.717) is 39.2 Å². The first-order chi connectivity index (χ1) is 20.1. The summed E-state index contributed by atoms with van der Waals surface area (Å²) in [6, 6.07) is 0. The summed E-state index contributed by atoms with van der Waals surface area (Å²) in [7, 11) is -3.69. The van der Waals surface area contributed by atoms with Crippen LogP contribution in [0.1, 0.15) is 149 Å². The molecule has 0 aromatic rings. The van der Waals surface area contributed by atoms with Gasteiger partial charge in [-0.3, -0.25) is 0 Å². The highest BCUT2D eigenvalue weighted by Gasteiger charge is 2.06. The summed E-state index contributed by atoms with van der Waals surface area (Å²) in [5.74, 6) is 0. The van der Waals surface area contributed by atoms with E-state index in [4.69, 9.17) is 14.2 Å². The molecule has 0 spiro atoms. The monoisotopic (exact) mass is 639 g/mol. The number of ether oxygens (including phenoxy) is 3. The van der Waals surface area contributed by atoms with Gasteiger partial charge in [-0.1, -0.05) is 136 Å². The Bertz CT molecular complexity index is 602. The molecule has 0 fully saturated rings. The smallest absolute Gasteiger partial charge is 0.0841 e. The third-order valence-electron chi connectivity index (χ3n) is 7.46. The minimum absolute atomic E-state index is 0.558. The largest absolute Gasteiger partial charge is 0.379 e. The molecule has 42 heavy (non-hydrogen) atoms. The van der Waals surface area contributed by atoms with E-state index >= 15 is 0 Å². The standard InChI is InChI=1S/C18H39OP.C17H37O4P/c1-4-5-6-7-8-9-10-11-12-13-14-15-16-17-18-20(2,3)19;1-4-5-6-7-8-9-10-11-19-12-13-20-14-15-21-16-17-22(2,3)18/h4-18H2,1-3H3;4-17H2,1-3H3.